The number of likely N-dealkylation sites (N-methyl/N-ethyl adjacent to an activating group) is 1. The molecule has 1 rings (SSSR count). The molecule has 0 radical (unpaired) electrons. The fraction of sp³-hybridized carbons (Fsp3) is 0.571. The maximum Gasteiger partial charge on any atom is 0.243 e. The van der Waals surface area contributed by atoms with E-state index < -0.39 is 10.0 Å². The summed E-state index contributed by atoms with van der Waals surface area (Å²) in [6, 6.07) is 3.56. The summed E-state index contributed by atoms with van der Waals surface area (Å²) in [5, 5.41) is 0. The summed E-state index contributed by atoms with van der Waals surface area (Å²) < 4.78 is 31.8. The second kappa shape index (κ2) is 7.17. The number of sulfonamides is 1. The van der Waals surface area contributed by atoms with E-state index in [0.29, 0.717) is 31.1 Å². The molecule has 0 aliphatic rings. The topological polar surface area (TPSA) is 72.6 Å². The third-order valence-corrected chi connectivity index (χ3v) is 5.49. The van der Waals surface area contributed by atoms with Gasteiger partial charge in [-0.25, -0.2) is 8.42 Å². The predicted molar refractivity (Wildman–Crippen MR) is 80.1 cm³/mol. The first kappa shape index (κ1) is 17.1. The molecule has 1 aromatic carbocycles. The van der Waals surface area contributed by atoms with Crippen molar-refractivity contribution in [2.45, 2.75) is 32.2 Å². The minimum absolute atomic E-state index is 0.332. The van der Waals surface area contributed by atoms with Gasteiger partial charge in [-0.15, -0.1) is 0 Å². The van der Waals surface area contributed by atoms with Gasteiger partial charge >= 0.3 is 0 Å². The monoisotopic (exact) mass is 300 g/mol. The lowest BCUT2D eigenvalue weighted by molar-refractivity contribution is 0.180. The van der Waals surface area contributed by atoms with Gasteiger partial charge in [-0.3, -0.25) is 0 Å². The lowest BCUT2D eigenvalue weighted by Crippen LogP contribution is -2.34. The molecule has 20 heavy (non-hydrogen) atoms. The molecule has 6 heteroatoms. The fourth-order valence-electron chi connectivity index (χ4n) is 2.15. The van der Waals surface area contributed by atoms with Crippen LogP contribution in [0.1, 0.15) is 23.6 Å². The largest absolute Gasteiger partial charge is 0.383 e. The Labute approximate surface area is 121 Å². The summed E-state index contributed by atoms with van der Waals surface area (Å²) in [4.78, 5) is 0.335. The number of rotatable bonds is 7. The Morgan fingerprint density at radius 3 is 2.40 bits per heavy atom. The van der Waals surface area contributed by atoms with Gasteiger partial charge < -0.3 is 10.5 Å². The molecule has 0 fully saturated rings. The normalized spacial score (nSPS) is 12.1. The zero-order valence-corrected chi connectivity index (χ0v) is 13.5. The molecule has 0 aliphatic carbocycles. The zero-order valence-electron chi connectivity index (χ0n) is 12.6. The highest BCUT2D eigenvalue weighted by Crippen LogP contribution is 2.23. The van der Waals surface area contributed by atoms with Crippen LogP contribution >= 0.6 is 0 Å². The molecule has 0 bridgehead atoms. The first-order valence-corrected chi connectivity index (χ1v) is 8.11. The minimum atomic E-state index is -3.51. The quantitative estimate of drug-likeness (QED) is 0.826. The van der Waals surface area contributed by atoms with Crippen LogP contribution in [0.25, 0.3) is 0 Å². The Hall–Kier alpha value is -0.950. The SMILES string of the molecule is CCN(CCOC)S(=O)(=O)c1cc(CN)c(C)cc1C. The van der Waals surface area contributed by atoms with Crippen molar-refractivity contribution in [3.05, 3.63) is 28.8 Å². The van der Waals surface area contributed by atoms with Crippen molar-refractivity contribution in [3.8, 4) is 0 Å². The second-order valence-electron chi connectivity index (χ2n) is 4.74. The summed E-state index contributed by atoms with van der Waals surface area (Å²) >= 11 is 0. The summed E-state index contributed by atoms with van der Waals surface area (Å²) in [6.45, 7) is 7.04. The molecule has 1 aromatic rings. The standard InChI is InChI=1S/C14H24N2O3S/c1-5-16(6-7-19-4)20(17,18)14-9-13(10-15)11(2)8-12(14)3/h8-9H,5-7,10,15H2,1-4H3. The van der Waals surface area contributed by atoms with E-state index in [1.807, 2.05) is 26.8 Å². The van der Waals surface area contributed by atoms with Crippen molar-refractivity contribution in [1.82, 2.24) is 4.31 Å². The molecule has 0 amide bonds. The van der Waals surface area contributed by atoms with E-state index in [2.05, 4.69) is 0 Å². The van der Waals surface area contributed by atoms with Crippen LogP contribution < -0.4 is 5.73 Å². The van der Waals surface area contributed by atoms with E-state index in [9.17, 15) is 8.42 Å². The average Bonchev–Trinajstić information content (AvgIpc) is 2.39. The van der Waals surface area contributed by atoms with E-state index >= 15 is 0 Å². The molecular formula is C14H24N2O3S. The molecule has 114 valence electrons. The number of hydrogen-bond acceptors (Lipinski definition) is 4. The van der Waals surface area contributed by atoms with Gasteiger partial charge in [0.1, 0.15) is 0 Å². The highest BCUT2D eigenvalue weighted by atomic mass is 32.2. The van der Waals surface area contributed by atoms with Gasteiger partial charge in [0.25, 0.3) is 0 Å². The average molecular weight is 300 g/mol. The van der Waals surface area contributed by atoms with Gasteiger partial charge in [0.05, 0.1) is 11.5 Å². The molecule has 0 aliphatic heterocycles. The molecule has 0 unspecified atom stereocenters. The Balaban J connectivity index is 3.26. The fourth-order valence-corrected chi connectivity index (χ4v) is 3.84. The lowest BCUT2D eigenvalue weighted by atomic mass is 10.1. The highest BCUT2D eigenvalue weighted by molar-refractivity contribution is 7.89. The number of nitrogens with two attached hydrogens (primary N) is 1. The summed E-state index contributed by atoms with van der Waals surface area (Å²) in [7, 11) is -1.95. The van der Waals surface area contributed by atoms with Gasteiger partial charge in [0, 0.05) is 26.7 Å². The zero-order chi connectivity index (χ0) is 15.3. The second-order valence-corrected chi connectivity index (χ2v) is 6.64. The molecule has 2 N–H and O–H groups in total. The van der Waals surface area contributed by atoms with Crippen molar-refractivity contribution in [2.24, 2.45) is 5.73 Å². The van der Waals surface area contributed by atoms with Gasteiger partial charge in [-0.05, 0) is 36.6 Å². The molecule has 0 spiro atoms. The van der Waals surface area contributed by atoms with E-state index in [1.165, 1.54) is 4.31 Å². The number of hydrogen-bond donors (Lipinski definition) is 1. The maximum absolute atomic E-state index is 12.7. The van der Waals surface area contributed by atoms with E-state index in [4.69, 9.17) is 10.5 Å². The maximum atomic E-state index is 12.7. The number of aryl methyl sites for hydroxylation is 2. The third kappa shape index (κ3) is 3.58. The van der Waals surface area contributed by atoms with Crippen molar-refractivity contribution in [2.75, 3.05) is 26.8 Å². The van der Waals surface area contributed by atoms with Gasteiger partial charge in [0.15, 0.2) is 0 Å². The number of methoxy groups -OCH3 is 1. The van der Waals surface area contributed by atoms with Crippen LogP contribution in [0.5, 0.6) is 0 Å². The molecule has 0 atom stereocenters. The van der Waals surface area contributed by atoms with Crippen LogP contribution in [0.15, 0.2) is 17.0 Å². The number of nitrogens with zero attached hydrogens (tertiary/aromatic N) is 1. The third-order valence-electron chi connectivity index (χ3n) is 3.37. The lowest BCUT2D eigenvalue weighted by Gasteiger charge is -2.22. The van der Waals surface area contributed by atoms with Gasteiger partial charge in [-0.2, -0.15) is 4.31 Å². The van der Waals surface area contributed by atoms with Crippen molar-refractivity contribution >= 4 is 10.0 Å². The summed E-state index contributed by atoms with van der Waals surface area (Å²) in [5.41, 5.74) is 8.29. The van der Waals surface area contributed by atoms with E-state index in [1.54, 1.807) is 13.2 Å². The van der Waals surface area contributed by atoms with Gasteiger partial charge in [0.2, 0.25) is 10.0 Å². The number of ether oxygens (including phenoxy) is 1. The molecule has 0 saturated carbocycles. The van der Waals surface area contributed by atoms with E-state index in [-0.39, 0.29) is 0 Å². The molecule has 0 saturated heterocycles. The van der Waals surface area contributed by atoms with E-state index in [0.717, 1.165) is 16.7 Å². The van der Waals surface area contributed by atoms with Crippen LogP contribution in [-0.2, 0) is 21.3 Å². The van der Waals surface area contributed by atoms with Crippen LogP contribution in [0, 0.1) is 13.8 Å². The summed E-state index contributed by atoms with van der Waals surface area (Å²) in [5.74, 6) is 0. The Bertz CT molecular complexity index is 556. The van der Waals surface area contributed by atoms with Crippen LogP contribution in [-0.4, -0.2) is 39.5 Å². The van der Waals surface area contributed by atoms with Crippen LogP contribution in [0.3, 0.4) is 0 Å². The Kier molecular flexibility index (Phi) is 6.13. The van der Waals surface area contributed by atoms with Gasteiger partial charge in [-0.1, -0.05) is 13.0 Å². The number of benzene rings is 1. The first-order valence-electron chi connectivity index (χ1n) is 6.67. The van der Waals surface area contributed by atoms with Crippen molar-refractivity contribution < 1.29 is 13.2 Å². The molecule has 5 nitrogen and oxygen atoms in total. The van der Waals surface area contributed by atoms with Crippen molar-refractivity contribution in [1.29, 1.82) is 0 Å². The van der Waals surface area contributed by atoms with Crippen LogP contribution in [0.4, 0.5) is 0 Å². The smallest absolute Gasteiger partial charge is 0.243 e. The first-order chi connectivity index (χ1) is 9.38. The van der Waals surface area contributed by atoms with Crippen LogP contribution in [0.2, 0.25) is 0 Å². The van der Waals surface area contributed by atoms with Crippen molar-refractivity contribution in [3.63, 3.8) is 0 Å². The Morgan fingerprint density at radius 2 is 1.90 bits per heavy atom. The summed E-state index contributed by atoms with van der Waals surface area (Å²) in [6.07, 6.45) is 0. The Morgan fingerprint density at radius 1 is 1.25 bits per heavy atom. The highest BCUT2D eigenvalue weighted by Gasteiger charge is 2.25. The minimum Gasteiger partial charge on any atom is -0.383 e. The predicted octanol–water partition coefficient (Wildman–Crippen LogP) is 1.42. The molecule has 0 heterocycles. The molecule has 0 aromatic heterocycles. The molecular weight excluding hydrogens is 276 g/mol.